The van der Waals surface area contributed by atoms with Crippen LogP contribution >= 0.6 is 0 Å². The molecular formula is C19H24F3N3O2. The number of alkyl halides is 3. The summed E-state index contributed by atoms with van der Waals surface area (Å²) in [6.45, 7) is 3.72. The van der Waals surface area contributed by atoms with Gasteiger partial charge in [0.2, 0.25) is 0 Å². The first-order valence-corrected chi connectivity index (χ1v) is 8.72. The topological polar surface area (TPSA) is 57.6 Å². The van der Waals surface area contributed by atoms with Gasteiger partial charge in [0.25, 0.3) is 0 Å². The molecule has 1 aromatic carbocycles. The van der Waals surface area contributed by atoms with Crippen molar-refractivity contribution < 1.29 is 22.6 Å². The molecule has 1 aromatic rings. The number of nitrogens with one attached hydrogen (secondary N) is 2. The summed E-state index contributed by atoms with van der Waals surface area (Å²) < 4.78 is 46.5. The number of hydrogen-bond donors (Lipinski definition) is 2. The van der Waals surface area contributed by atoms with Crippen molar-refractivity contribution >= 4 is 5.84 Å². The number of amidine groups is 1. The third-order valence-electron chi connectivity index (χ3n) is 3.97. The lowest BCUT2D eigenvalue weighted by atomic mass is 10.1. The second kappa shape index (κ2) is 10.0. The van der Waals surface area contributed by atoms with Crippen molar-refractivity contribution in [3.05, 3.63) is 54.4 Å². The van der Waals surface area contributed by atoms with Gasteiger partial charge in [-0.2, -0.15) is 0 Å². The lowest BCUT2D eigenvalue weighted by molar-refractivity contribution is -0.274. The van der Waals surface area contributed by atoms with Crippen molar-refractivity contribution in [2.45, 2.75) is 32.2 Å². The molecule has 0 aliphatic carbocycles. The molecule has 0 radical (unpaired) electrons. The highest BCUT2D eigenvalue weighted by molar-refractivity contribution is 5.97. The van der Waals surface area contributed by atoms with E-state index in [1.165, 1.54) is 18.2 Å². The normalized spacial score (nSPS) is 16.0. The highest BCUT2D eigenvalue weighted by Crippen LogP contribution is 2.23. The zero-order valence-corrected chi connectivity index (χ0v) is 15.1. The standard InChI is InChI=1S/C19H24F3N3O2/c1-2-3-10-25(11-9-24-16-7-12-26-13-8-16)18(23)15-5-4-6-17(14-15)27-19(20,21)22/h2-6,9,11,14,16,23-24H,7-8,10,12-13H2,1H3/b3-2-,11-9+,23-18?. The van der Waals surface area contributed by atoms with E-state index in [4.69, 9.17) is 10.1 Å². The zero-order valence-electron chi connectivity index (χ0n) is 15.1. The predicted molar refractivity (Wildman–Crippen MR) is 97.6 cm³/mol. The maximum absolute atomic E-state index is 12.4. The van der Waals surface area contributed by atoms with Crippen LogP contribution in [0, 0.1) is 5.41 Å². The summed E-state index contributed by atoms with van der Waals surface area (Å²) in [5, 5.41) is 11.7. The quantitative estimate of drug-likeness (QED) is 0.424. The van der Waals surface area contributed by atoms with Crippen LogP contribution in [0.1, 0.15) is 25.3 Å². The smallest absolute Gasteiger partial charge is 0.406 e. The van der Waals surface area contributed by atoms with Crippen LogP contribution in [0.2, 0.25) is 0 Å². The van der Waals surface area contributed by atoms with E-state index in [9.17, 15) is 13.2 Å². The molecule has 0 bridgehead atoms. The van der Waals surface area contributed by atoms with Crippen LogP contribution < -0.4 is 10.1 Å². The Kier molecular flexibility index (Phi) is 7.72. The van der Waals surface area contributed by atoms with Gasteiger partial charge in [0.1, 0.15) is 11.6 Å². The van der Waals surface area contributed by atoms with Crippen LogP contribution in [-0.4, -0.2) is 42.9 Å². The third-order valence-corrected chi connectivity index (χ3v) is 3.97. The Balaban J connectivity index is 2.07. The molecule has 5 nitrogen and oxygen atoms in total. The van der Waals surface area contributed by atoms with Gasteiger partial charge in [-0.25, -0.2) is 0 Å². The molecule has 1 aliphatic heterocycles. The minimum absolute atomic E-state index is 0.0748. The third kappa shape index (κ3) is 7.34. The van der Waals surface area contributed by atoms with Crippen LogP contribution in [-0.2, 0) is 4.74 Å². The molecule has 0 unspecified atom stereocenters. The molecule has 1 aliphatic rings. The molecule has 27 heavy (non-hydrogen) atoms. The lowest BCUT2D eigenvalue weighted by Gasteiger charge is -2.24. The minimum atomic E-state index is -4.76. The minimum Gasteiger partial charge on any atom is -0.406 e. The molecule has 2 N–H and O–H groups in total. The SMILES string of the molecule is C/C=C\CN(/C=C/NC1CCOCC1)C(=N)c1cccc(OC(F)(F)F)c1. The Labute approximate surface area is 157 Å². The van der Waals surface area contributed by atoms with Crippen molar-refractivity contribution in [1.29, 1.82) is 5.41 Å². The fourth-order valence-corrected chi connectivity index (χ4v) is 2.59. The first-order valence-electron chi connectivity index (χ1n) is 8.72. The van der Waals surface area contributed by atoms with E-state index in [0.29, 0.717) is 18.2 Å². The molecule has 0 saturated carbocycles. The number of benzene rings is 1. The summed E-state index contributed by atoms with van der Waals surface area (Å²) in [5.41, 5.74) is 0.331. The van der Waals surface area contributed by atoms with Crippen LogP contribution in [0.3, 0.4) is 0 Å². The Bertz CT molecular complexity index is 668. The van der Waals surface area contributed by atoms with Crippen molar-refractivity contribution in [2.24, 2.45) is 0 Å². The highest BCUT2D eigenvalue weighted by atomic mass is 19.4. The van der Waals surface area contributed by atoms with Gasteiger partial charge in [-0.3, -0.25) is 5.41 Å². The largest absolute Gasteiger partial charge is 0.573 e. The number of allylic oxidation sites excluding steroid dienone is 1. The van der Waals surface area contributed by atoms with E-state index in [0.717, 1.165) is 26.1 Å². The van der Waals surface area contributed by atoms with Gasteiger partial charge in [0.15, 0.2) is 0 Å². The summed E-state index contributed by atoms with van der Waals surface area (Å²) in [6.07, 6.45) is 4.26. The van der Waals surface area contributed by atoms with Gasteiger partial charge >= 0.3 is 6.36 Å². The van der Waals surface area contributed by atoms with Crippen LogP contribution in [0.25, 0.3) is 0 Å². The fourth-order valence-electron chi connectivity index (χ4n) is 2.59. The summed E-state index contributed by atoms with van der Waals surface area (Å²) >= 11 is 0. The fraction of sp³-hybridized carbons (Fsp3) is 0.421. The molecule has 148 valence electrons. The van der Waals surface area contributed by atoms with E-state index >= 15 is 0 Å². The first-order chi connectivity index (χ1) is 12.9. The van der Waals surface area contributed by atoms with Crippen molar-refractivity contribution in [2.75, 3.05) is 19.8 Å². The van der Waals surface area contributed by atoms with Crippen LogP contribution in [0.5, 0.6) is 5.75 Å². The van der Waals surface area contributed by atoms with Gasteiger partial charge in [-0.05, 0) is 31.9 Å². The average molecular weight is 383 g/mol. The van der Waals surface area contributed by atoms with E-state index in [2.05, 4.69) is 10.1 Å². The molecule has 8 heteroatoms. The predicted octanol–water partition coefficient (Wildman–Crippen LogP) is 4.03. The number of nitrogens with zero attached hydrogens (tertiary/aromatic N) is 1. The molecule has 0 atom stereocenters. The molecule has 1 fully saturated rings. The van der Waals surface area contributed by atoms with Gasteiger partial charge < -0.3 is 19.7 Å². The van der Waals surface area contributed by atoms with Gasteiger partial charge in [-0.1, -0.05) is 24.3 Å². The monoisotopic (exact) mass is 383 g/mol. The maximum Gasteiger partial charge on any atom is 0.573 e. The number of ether oxygens (including phenoxy) is 2. The molecular weight excluding hydrogens is 359 g/mol. The van der Waals surface area contributed by atoms with E-state index in [1.807, 2.05) is 19.1 Å². The zero-order chi connectivity index (χ0) is 19.7. The Hall–Kier alpha value is -2.48. The van der Waals surface area contributed by atoms with E-state index in [1.54, 1.807) is 23.4 Å². The average Bonchev–Trinajstić information content (AvgIpc) is 2.63. The van der Waals surface area contributed by atoms with Crippen LogP contribution in [0.15, 0.2) is 48.8 Å². The van der Waals surface area contributed by atoms with E-state index in [-0.39, 0.29) is 11.6 Å². The van der Waals surface area contributed by atoms with Gasteiger partial charge in [0.05, 0.1) is 0 Å². The highest BCUT2D eigenvalue weighted by Gasteiger charge is 2.31. The summed E-state index contributed by atoms with van der Waals surface area (Å²) in [7, 11) is 0. The lowest BCUT2D eigenvalue weighted by Crippen LogP contribution is -2.32. The summed E-state index contributed by atoms with van der Waals surface area (Å²) in [6, 6.07) is 5.74. The van der Waals surface area contributed by atoms with E-state index < -0.39 is 6.36 Å². The molecule has 0 amide bonds. The Morgan fingerprint density at radius 3 is 2.78 bits per heavy atom. The summed E-state index contributed by atoms with van der Waals surface area (Å²) in [5.74, 6) is -0.272. The van der Waals surface area contributed by atoms with Crippen LogP contribution in [0.4, 0.5) is 13.2 Å². The second-order valence-corrected chi connectivity index (χ2v) is 6.01. The molecule has 0 aromatic heterocycles. The second-order valence-electron chi connectivity index (χ2n) is 6.01. The Morgan fingerprint density at radius 2 is 2.11 bits per heavy atom. The molecule has 1 saturated heterocycles. The molecule has 1 heterocycles. The molecule has 0 spiro atoms. The van der Waals surface area contributed by atoms with Gasteiger partial charge in [0, 0.05) is 43.8 Å². The van der Waals surface area contributed by atoms with Crippen molar-refractivity contribution in [3.63, 3.8) is 0 Å². The number of rotatable bonds is 7. The van der Waals surface area contributed by atoms with Crippen molar-refractivity contribution in [3.8, 4) is 5.75 Å². The first kappa shape index (κ1) is 20.8. The van der Waals surface area contributed by atoms with Crippen molar-refractivity contribution in [1.82, 2.24) is 10.2 Å². The number of hydrogen-bond acceptors (Lipinski definition) is 4. The maximum atomic E-state index is 12.4. The molecule has 2 rings (SSSR count). The summed E-state index contributed by atoms with van der Waals surface area (Å²) in [4.78, 5) is 1.64. The Morgan fingerprint density at radius 1 is 1.37 bits per heavy atom. The number of halogens is 3. The van der Waals surface area contributed by atoms with Gasteiger partial charge in [-0.15, -0.1) is 13.2 Å².